The number of carbonyl (C=O) groups is 1. The molecule has 0 rings (SSSR count). The summed E-state index contributed by atoms with van der Waals surface area (Å²) in [6.45, 7) is 3.39. The predicted molar refractivity (Wildman–Crippen MR) is 49.7 cm³/mol. The van der Waals surface area contributed by atoms with E-state index in [9.17, 15) is 4.79 Å². The summed E-state index contributed by atoms with van der Waals surface area (Å²) in [5.41, 5.74) is 5.26. The van der Waals surface area contributed by atoms with Crippen LogP contribution in [0.5, 0.6) is 0 Å². The van der Waals surface area contributed by atoms with Crippen molar-refractivity contribution in [2.24, 2.45) is 5.73 Å². The molecular formula is C7H16N2OS. The quantitative estimate of drug-likeness (QED) is 0.569. The van der Waals surface area contributed by atoms with Crippen molar-refractivity contribution in [3.63, 3.8) is 0 Å². The number of amides is 1. The van der Waals surface area contributed by atoms with Crippen LogP contribution in [0, 0.1) is 0 Å². The van der Waals surface area contributed by atoms with Gasteiger partial charge in [-0.05, 0) is 18.7 Å². The molecule has 0 heterocycles. The predicted octanol–water partition coefficient (Wildman–Crippen LogP) is 0.205. The largest absolute Gasteiger partial charge is 0.355 e. The first-order valence-corrected chi connectivity index (χ1v) is 5.01. The first-order valence-electron chi connectivity index (χ1n) is 3.85. The van der Waals surface area contributed by atoms with Crippen molar-refractivity contribution in [1.29, 1.82) is 0 Å². The number of nitrogens with one attached hydrogen (secondary N) is 1. The Morgan fingerprint density at radius 3 is 2.91 bits per heavy atom. The molecule has 4 heteroatoms. The molecule has 0 radical (unpaired) electrons. The van der Waals surface area contributed by atoms with Gasteiger partial charge in [0.25, 0.3) is 0 Å². The van der Waals surface area contributed by atoms with Crippen LogP contribution in [0.15, 0.2) is 0 Å². The number of rotatable bonds is 6. The van der Waals surface area contributed by atoms with Gasteiger partial charge in [0.05, 0.1) is 5.75 Å². The van der Waals surface area contributed by atoms with Crippen LogP contribution in [0.3, 0.4) is 0 Å². The van der Waals surface area contributed by atoms with Crippen molar-refractivity contribution in [3.8, 4) is 0 Å². The molecule has 0 aromatic rings. The second kappa shape index (κ2) is 7.88. The average Bonchev–Trinajstić information content (AvgIpc) is 2.01. The molecular weight excluding hydrogens is 160 g/mol. The molecule has 3 N–H and O–H groups in total. The average molecular weight is 176 g/mol. The van der Waals surface area contributed by atoms with Crippen molar-refractivity contribution >= 4 is 17.7 Å². The highest BCUT2D eigenvalue weighted by atomic mass is 32.2. The summed E-state index contributed by atoms with van der Waals surface area (Å²) in [6.07, 6.45) is 0.864. The van der Waals surface area contributed by atoms with Crippen LogP contribution in [0.25, 0.3) is 0 Å². The van der Waals surface area contributed by atoms with E-state index in [1.54, 1.807) is 11.8 Å². The van der Waals surface area contributed by atoms with Gasteiger partial charge < -0.3 is 11.1 Å². The molecule has 0 bridgehead atoms. The number of nitrogens with two attached hydrogens (primary N) is 1. The summed E-state index contributed by atoms with van der Waals surface area (Å²) >= 11 is 1.63. The monoisotopic (exact) mass is 176 g/mol. The van der Waals surface area contributed by atoms with Crippen LogP contribution in [0.2, 0.25) is 0 Å². The van der Waals surface area contributed by atoms with E-state index >= 15 is 0 Å². The normalized spacial score (nSPS) is 9.64. The molecule has 0 aliphatic heterocycles. The molecule has 11 heavy (non-hydrogen) atoms. The topological polar surface area (TPSA) is 55.1 Å². The Kier molecular flexibility index (Phi) is 7.72. The molecule has 66 valence electrons. The lowest BCUT2D eigenvalue weighted by Gasteiger charge is -2.01. The third kappa shape index (κ3) is 7.68. The number of hydrogen-bond acceptors (Lipinski definition) is 3. The zero-order chi connectivity index (χ0) is 8.53. The molecule has 0 spiro atoms. The Morgan fingerprint density at radius 2 is 2.36 bits per heavy atom. The van der Waals surface area contributed by atoms with E-state index in [1.807, 2.05) is 6.92 Å². The molecule has 0 saturated heterocycles. The van der Waals surface area contributed by atoms with Crippen molar-refractivity contribution in [3.05, 3.63) is 0 Å². The number of thioether (sulfide) groups is 1. The molecule has 1 amide bonds. The van der Waals surface area contributed by atoms with E-state index in [2.05, 4.69) is 5.32 Å². The molecule has 0 aliphatic carbocycles. The number of carbonyl (C=O) groups excluding carboxylic acids is 1. The van der Waals surface area contributed by atoms with E-state index in [1.165, 1.54) is 0 Å². The van der Waals surface area contributed by atoms with Crippen LogP contribution >= 0.6 is 11.8 Å². The maximum Gasteiger partial charge on any atom is 0.229 e. The van der Waals surface area contributed by atoms with Gasteiger partial charge in [-0.1, -0.05) is 6.92 Å². The summed E-state index contributed by atoms with van der Waals surface area (Å²) in [7, 11) is 0. The van der Waals surface area contributed by atoms with Crippen molar-refractivity contribution in [1.82, 2.24) is 5.32 Å². The van der Waals surface area contributed by atoms with Gasteiger partial charge in [-0.3, -0.25) is 4.79 Å². The summed E-state index contributed by atoms with van der Waals surface area (Å²) < 4.78 is 0. The molecule has 0 atom stereocenters. The molecule has 3 nitrogen and oxygen atoms in total. The SMILES string of the molecule is CCSCC(=O)NCCCN. The maximum atomic E-state index is 10.9. The van der Waals surface area contributed by atoms with Crippen LogP contribution in [0.4, 0.5) is 0 Å². The third-order valence-electron chi connectivity index (χ3n) is 1.14. The first-order chi connectivity index (χ1) is 5.31. The fraction of sp³-hybridized carbons (Fsp3) is 0.857. The summed E-state index contributed by atoms with van der Waals surface area (Å²) in [6, 6.07) is 0. The molecule has 0 aliphatic rings. The third-order valence-corrected chi connectivity index (χ3v) is 2.01. The summed E-state index contributed by atoms with van der Waals surface area (Å²) in [5.74, 6) is 1.68. The minimum Gasteiger partial charge on any atom is -0.355 e. The highest BCUT2D eigenvalue weighted by Gasteiger charge is 1.97. The van der Waals surface area contributed by atoms with Gasteiger partial charge in [0.2, 0.25) is 5.91 Å². The Hall–Kier alpha value is -0.220. The Balaban J connectivity index is 3.09. The van der Waals surface area contributed by atoms with Gasteiger partial charge >= 0.3 is 0 Å². The van der Waals surface area contributed by atoms with Crippen molar-refractivity contribution < 1.29 is 4.79 Å². The standard InChI is InChI=1S/C7H16N2OS/c1-2-11-6-7(10)9-5-3-4-8/h2-6,8H2,1H3,(H,9,10). The Bertz CT molecular complexity index is 109. The Labute approximate surface area is 72.1 Å². The van der Waals surface area contributed by atoms with E-state index in [0.717, 1.165) is 12.2 Å². The lowest BCUT2D eigenvalue weighted by atomic mass is 10.4. The molecule has 0 fully saturated rings. The van der Waals surface area contributed by atoms with Crippen molar-refractivity contribution in [2.45, 2.75) is 13.3 Å². The minimum absolute atomic E-state index is 0.116. The van der Waals surface area contributed by atoms with Crippen LogP contribution in [-0.4, -0.2) is 30.5 Å². The van der Waals surface area contributed by atoms with Gasteiger partial charge in [0.15, 0.2) is 0 Å². The van der Waals surface area contributed by atoms with E-state index < -0.39 is 0 Å². The minimum atomic E-state index is 0.116. The lowest BCUT2D eigenvalue weighted by molar-refractivity contribution is -0.118. The fourth-order valence-electron chi connectivity index (χ4n) is 0.576. The van der Waals surface area contributed by atoms with E-state index in [-0.39, 0.29) is 5.91 Å². The fourth-order valence-corrected chi connectivity index (χ4v) is 1.07. The first kappa shape index (κ1) is 10.8. The zero-order valence-corrected chi connectivity index (χ0v) is 7.75. The van der Waals surface area contributed by atoms with Crippen LogP contribution in [-0.2, 0) is 4.79 Å². The van der Waals surface area contributed by atoms with Gasteiger partial charge in [-0.2, -0.15) is 11.8 Å². The highest BCUT2D eigenvalue weighted by molar-refractivity contribution is 7.99. The van der Waals surface area contributed by atoms with Crippen LogP contribution in [0.1, 0.15) is 13.3 Å². The molecule has 0 unspecified atom stereocenters. The zero-order valence-electron chi connectivity index (χ0n) is 6.93. The lowest BCUT2D eigenvalue weighted by Crippen LogP contribution is -2.27. The van der Waals surface area contributed by atoms with Crippen LogP contribution < -0.4 is 11.1 Å². The molecule has 0 saturated carbocycles. The van der Waals surface area contributed by atoms with Gasteiger partial charge in [-0.15, -0.1) is 0 Å². The highest BCUT2D eigenvalue weighted by Crippen LogP contribution is 1.95. The Morgan fingerprint density at radius 1 is 1.64 bits per heavy atom. The summed E-state index contributed by atoms with van der Waals surface area (Å²) in [5, 5.41) is 2.78. The van der Waals surface area contributed by atoms with E-state index in [4.69, 9.17) is 5.73 Å². The maximum absolute atomic E-state index is 10.9. The smallest absolute Gasteiger partial charge is 0.229 e. The summed E-state index contributed by atoms with van der Waals surface area (Å²) in [4.78, 5) is 10.9. The van der Waals surface area contributed by atoms with Gasteiger partial charge in [0, 0.05) is 6.54 Å². The second-order valence-electron chi connectivity index (χ2n) is 2.13. The van der Waals surface area contributed by atoms with Crippen molar-refractivity contribution in [2.75, 3.05) is 24.6 Å². The van der Waals surface area contributed by atoms with Gasteiger partial charge in [0.1, 0.15) is 0 Å². The van der Waals surface area contributed by atoms with E-state index in [0.29, 0.717) is 18.8 Å². The second-order valence-corrected chi connectivity index (χ2v) is 3.40. The molecule has 0 aromatic heterocycles. The molecule has 0 aromatic carbocycles. The number of hydrogen-bond donors (Lipinski definition) is 2. The van der Waals surface area contributed by atoms with Gasteiger partial charge in [-0.25, -0.2) is 0 Å².